The Bertz CT molecular complexity index is 686. The van der Waals surface area contributed by atoms with Gasteiger partial charge in [-0.1, -0.05) is 6.07 Å². The Morgan fingerprint density at radius 1 is 1.58 bits per heavy atom. The number of aryl methyl sites for hydroxylation is 1. The van der Waals surface area contributed by atoms with Gasteiger partial charge in [-0.3, -0.25) is 9.89 Å². The average molecular weight is 259 g/mol. The first-order chi connectivity index (χ1) is 9.04. The average Bonchev–Trinajstić information content (AvgIpc) is 2.70. The zero-order valence-electron chi connectivity index (χ0n) is 9.99. The van der Waals surface area contributed by atoms with Gasteiger partial charge in [0, 0.05) is 0 Å². The van der Waals surface area contributed by atoms with Crippen molar-refractivity contribution in [2.24, 2.45) is 0 Å². The van der Waals surface area contributed by atoms with Crippen molar-refractivity contribution in [2.75, 3.05) is 11.1 Å². The monoisotopic (exact) mass is 259 g/mol. The number of hydrogen-bond donors (Lipinski definition) is 3. The number of carbonyl (C=O) groups is 1. The summed E-state index contributed by atoms with van der Waals surface area (Å²) in [4.78, 5) is 11.9. The quantitative estimate of drug-likeness (QED) is 0.760. The molecular formula is C12H10FN5O. The number of nitrogen functional groups attached to an aromatic ring is 1. The molecule has 19 heavy (non-hydrogen) atoms. The number of nitrogens with two attached hydrogens (primary N) is 1. The highest BCUT2D eigenvalue weighted by atomic mass is 19.1. The molecule has 0 aliphatic heterocycles. The summed E-state index contributed by atoms with van der Waals surface area (Å²) < 4.78 is 13.4. The summed E-state index contributed by atoms with van der Waals surface area (Å²) in [6, 6.07) is 5.65. The topological polar surface area (TPSA) is 108 Å². The lowest BCUT2D eigenvalue weighted by atomic mass is 10.1. The molecule has 2 rings (SSSR count). The molecule has 0 saturated heterocycles. The lowest BCUT2D eigenvalue weighted by molar-refractivity contribution is 0.102. The molecule has 0 aliphatic carbocycles. The number of halogens is 1. The van der Waals surface area contributed by atoms with Gasteiger partial charge in [0.25, 0.3) is 5.91 Å². The first-order valence-electron chi connectivity index (χ1n) is 5.35. The number of nitrogens with one attached hydrogen (secondary N) is 2. The Morgan fingerprint density at radius 3 is 2.89 bits per heavy atom. The Morgan fingerprint density at radius 2 is 2.32 bits per heavy atom. The van der Waals surface area contributed by atoms with Crippen molar-refractivity contribution >= 4 is 17.3 Å². The standard InChI is InChI=1S/C12H10FN5O/c1-6-10(15)11(18-17-6)12(19)16-9-4-2-3-8(13)7(9)5-14/h2-4H,15H2,1H3,(H,16,19)(H,17,18). The fourth-order valence-electron chi connectivity index (χ4n) is 1.53. The largest absolute Gasteiger partial charge is 0.395 e. The number of amides is 1. The maximum Gasteiger partial charge on any atom is 0.278 e. The van der Waals surface area contributed by atoms with Gasteiger partial charge >= 0.3 is 0 Å². The minimum absolute atomic E-state index is 0.00523. The molecule has 0 fully saturated rings. The van der Waals surface area contributed by atoms with Crippen LogP contribution in [0.3, 0.4) is 0 Å². The van der Waals surface area contributed by atoms with Crippen LogP contribution in [-0.2, 0) is 0 Å². The van der Waals surface area contributed by atoms with E-state index in [1.165, 1.54) is 12.1 Å². The van der Waals surface area contributed by atoms with Gasteiger partial charge in [-0.15, -0.1) is 0 Å². The Labute approximate surface area is 108 Å². The van der Waals surface area contributed by atoms with Gasteiger partial charge < -0.3 is 11.1 Å². The molecule has 96 valence electrons. The van der Waals surface area contributed by atoms with Crippen LogP contribution in [-0.4, -0.2) is 16.1 Å². The number of aromatic nitrogens is 2. The summed E-state index contributed by atoms with van der Waals surface area (Å²) in [5.74, 6) is -1.31. The molecule has 1 aromatic heterocycles. The van der Waals surface area contributed by atoms with E-state index in [9.17, 15) is 9.18 Å². The number of hydrogen-bond acceptors (Lipinski definition) is 4. The summed E-state index contributed by atoms with van der Waals surface area (Å²) >= 11 is 0. The number of carbonyl (C=O) groups excluding carboxylic acids is 1. The zero-order valence-corrected chi connectivity index (χ0v) is 9.99. The van der Waals surface area contributed by atoms with E-state index in [4.69, 9.17) is 11.0 Å². The van der Waals surface area contributed by atoms with Crippen LogP contribution in [0.4, 0.5) is 15.8 Å². The van der Waals surface area contributed by atoms with Gasteiger partial charge in [-0.05, 0) is 19.1 Å². The Hall–Kier alpha value is -2.88. The molecule has 2 aromatic rings. The molecule has 0 radical (unpaired) electrons. The van der Waals surface area contributed by atoms with E-state index in [2.05, 4.69) is 15.5 Å². The minimum atomic E-state index is -0.702. The van der Waals surface area contributed by atoms with E-state index >= 15 is 0 Å². The van der Waals surface area contributed by atoms with Crippen LogP contribution in [0.1, 0.15) is 21.7 Å². The Kier molecular flexibility index (Phi) is 3.16. The Balaban J connectivity index is 2.33. The summed E-state index contributed by atoms with van der Waals surface area (Å²) in [5, 5.41) is 17.6. The summed E-state index contributed by atoms with van der Waals surface area (Å²) in [6.45, 7) is 1.67. The number of nitrogens with zero attached hydrogens (tertiary/aromatic N) is 2. The lowest BCUT2D eigenvalue weighted by Crippen LogP contribution is -2.15. The highest BCUT2D eigenvalue weighted by Crippen LogP contribution is 2.20. The van der Waals surface area contributed by atoms with Crippen molar-refractivity contribution in [1.29, 1.82) is 5.26 Å². The van der Waals surface area contributed by atoms with Crippen LogP contribution >= 0.6 is 0 Å². The third-order valence-electron chi connectivity index (χ3n) is 2.58. The van der Waals surface area contributed by atoms with Crippen LogP contribution in [0.5, 0.6) is 0 Å². The molecule has 0 aliphatic rings. The number of nitriles is 1. The molecule has 1 aromatic carbocycles. The van der Waals surface area contributed by atoms with Crippen LogP contribution in [0, 0.1) is 24.1 Å². The van der Waals surface area contributed by atoms with E-state index < -0.39 is 11.7 Å². The van der Waals surface area contributed by atoms with Crippen molar-refractivity contribution in [3.05, 3.63) is 41.0 Å². The molecule has 0 spiro atoms. The first-order valence-corrected chi connectivity index (χ1v) is 5.35. The smallest absolute Gasteiger partial charge is 0.278 e. The van der Waals surface area contributed by atoms with Crippen molar-refractivity contribution in [3.63, 3.8) is 0 Å². The van der Waals surface area contributed by atoms with Crippen molar-refractivity contribution in [2.45, 2.75) is 6.92 Å². The third-order valence-corrected chi connectivity index (χ3v) is 2.58. The van der Waals surface area contributed by atoms with E-state index in [1.807, 2.05) is 0 Å². The van der Waals surface area contributed by atoms with Gasteiger partial charge in [0.1, 0.15) is 17.4 Å². The maximum absolute atomic E-state index is 13.4. The van der Waals surface area contributed by atoms with E-state index in [0.29, 0.717) is 5.69 Å². The molecule has 7 heteroatoms. The number of rotatable bonds is 2. The molecule has 1 heterocycles. The predicted octanol–water partition coefficient (Wildman–Crippen LogP) is 1.56. The van der Waals surface area contributed by atoms with E-state index in [-0.39, 0.29) is 22.6 Å². The SMILES string of the molecule is Cc1[nH]nc(C(=O)Nc2cccc(F)c2C#N)c1N. The van der Waals surface area contributed by atoms with Crippen LogP contribution in [0.25, 0.3) is 0 Å². The minimum Gasteiger partial charge on any atom is -0.395 e. The molecule has 1 amide bonds. The second kappa shape index (κ2) is 4.78. The summed E-state index contributed by atoms with van der Waals surface area (Å²) in [5.41, 5.74) is 6.29. The first kappa shape index (κ1) is 12.6. The van der Waals surface area contributed by atoms with Crippen LogP contribution < -0.4 is 11.1 Å². The third kappa shape index (κ3) is 2.24. The van der Waals surface area contributed by atoms with Crippen molar-refractivity contribution in [1.82, 2.24) is 10.2 Å². The highest BCUT2D eigenvalue weighted by molar-refractivity contribution is 6.07. The molecule has 0 atom stereocenters. The summed E-state index contributed by atoms with van der Waals surface area (Å²) in [6.07, 6.45) is 0. The molecule has 6 nitrogen and oxygen atoms in total. The number of anilines is 2. The van der Waals surface area contributed by atoms with Crippen LogP contribution in [0.2, 0.25) is 0 Å². The van der Waals surface area contributed by atoms with Gasteiger partial charge in [0.05, 0.1) is 17.1 Å². The molecule has 0 saturated carbocycles. The van der Waals surface area contributed by atoms with E-state index in [1.54, 1.807) is 13.0 Å². The molecule has 0 unspecified atom stereocenters. The molecule has 0 bridgehead atoms. The number of H-pyrrole nitrogens is 1. The van der Waals surface area contributed by atoms with Gasteiger partial charge in [0.15, 0.2) is 5.69 Å². The highest BCUT2D eigenvalue weighted by Gasteiger charge is 2.17. The second-order valence-electron chi connectivity index (χ2n) is 3.84. The normalized spacial score (nSPS) is 9.95. The number of aromatic amines is 1. The summed E-state index contributed by atoms with van der Waals surface area (Å²) in [7, 11) is 0. The predicted molar refractivity (Wildman–Crippen MR) is 66.8 cm³/mol. The van der Waals surface area contributed by atoms with Gasteiger partial charge in [0.2, 0.25) is 0 Å². The van der Waals surface area contributed by atoms with Gasteiger partial charge in [-0.2, -0.15) is 10.4 Å². The van der Waals surface area contributed by atoms with Crippen molar-refractivity contribution < 1.29 is 9.18 Å². The molecular weight excluding hydrogens is 249 g/mol. The van der Waals surface area contributed by atoms with E-state index in [0.717, 1.165) is 6.07 Å². The zero-order chi connectivity index (χ0) is 14.0. The lowest BCUT2D eigenvalue weighted by Gasteiger charge is -2.06. The second-order valence-corrected chi connectivity index (χ2v) is 3.84. The maximum atomic E-state index is 13.4. The van der Waals surface area contributed by atoms with Crippen molar-refractivity contribution in [3.8, 4) is 6.07 Å². The fraction of sp³-hybridized carbons (Fsp3) is 0.0833. The van der Waals surface area contributed by atoms with Crippen LogP contribution in [0.15, 0.2) is 18.2 Å². The molecule has 4 N–H and O–H groups in total. The number of benzene rings is 1. The fourth-order valence-corrected chi connectivity index (χ4v) is 1.53. The van der Waals surface area contributed by atoms with Gasteiger partial charge in [-0.25, -0.2) is 4.39 Å².